The molecule has 4 N–H and O–H groups in total. The van der Waals surface area contributed by atoms with Crippen LogP contribution >= 0.6 is 0 Å². The molecule has 0 aromatic heterocycles. The average molecular weight is 232 g/mol. The van der Waals surface area contributed by atoms with Gasteiger partial charge in [0.1, 0.15) is 0 Å². The molecule has 2 heteroatoms. The summed E-state index contributed by atoms with van der Waals surface area (Å²) in [6.45, 7) is 5.19. The smallest absolute Gasteiger partial charge is 0.0364 e. The Kier molecular flexibility index (Phi) is 3.55. The minimum atomic E-state index is 0.110. The Morgan fingerprint density at radius 2 is 1.71 bits per heavy atom. The Hall–Kier alpha value is -0.860. The summed E-state index contributed by atoms with van der Waals surface area (Å²) in [7, 11) is 0. The maximum atomic E-state index is 6.32. The first-order valence-electron chi connectivity index (χ1n) is 6.68. The van der Waals surface area contributed by atoms with Gasteiger partial charge in [0.25, 0.3) is 0 Å². The van der Waals surface area contributed by atoms with Gasteiger partial charge in [-0.05, 0) is 42.9 Å². The van der Waals surface area contributed by atoms with E-state index in [4.69, 9.17) is 11.5 Å². The van der Waals surface area contributed by atoms with E-state index in [1.807, 2.05) is 0 Å². The Morgan fingerprint density at radius 1 is 1.18 bits per heavy atom. The van der Waals surface area contributed by atoms with Crippen molar-refractivity contribution in [1.82, 2.24) is 0 Å². The third-order valence-corrected chi connectivity index (χ3v) is 4.44. The lowest BCUT2D eigenvalue weighted by atomic mass is 9.89. The van der Waals surface area contributed by atoms with Crippen molar-refractivity contribution in [2.24, 2.45) is 16.9 Å². The minimum Gasteiger partial charge on any atom is -0.330 e. The molecule has 2 rings (SSSR count). The van der Waals surface area contributed by atoms with E-state index in [9.17, 15) is 0 Å². The Morgan fingerprint density at radius 3 is 2.12 bits per heavy atom. The second kappa shape index (κ2) is 4.79. The highest BCUT2D eigenvalue weighted by molar-refractivity contribution is 5.29. The van der Waals surface area contributed by atoms with Gasteiger partial charge in [-0.25, -0.2) is 0 Å². The van der Waals surface area contributed by atoms with E-state index in [1.165, 1.54) is 30.4 Å². The Bertz CT molecular complexity index is 365. The Labute approximate surface area is 104 Å². The summed E-state index contributed by atoms with van der Waals surface area (Å²) < 4.78 is 0. The second-order valence-corrected chi connectivity index (χ2v) is 5.52. The Balaban J connectivity index is 2.13. The van der Waals surface area contributed by atoms with Crippen molar-refractivity contribution in [1.29, 1.82) is 0 Å². The number of hydrogen-bond acceptors (Lipinski definition) is 2. The van der Waals surface area contributed by atoms with Crippen LogP contribution in [0.15, 0.2) is 24.3 Å². The zero-order chi connectivity index (χ0) is 12.5. The molecule has 1 saturated carbocycles. The van der Waals surface area contributed by atoms with Gasteiger partial charge >= 0.3 is 0 Å². The van der Waals surface area contributed by atoms with Crippen LogP contribution in [0.3, 0.4) is 0 Å². The molecule has 94 valence electrons. The van der Waals surface area contributed by atoms with Crippen molar-refractivity contribution >= 4 is 0 Å². The van der Waals surface area contributed by atoms with Crippen LogP contribution in [0.5, 0.6) is 0 Å². The molecule has 2 atom stereocenters. The van der Waals surface area contributed by atoms with Crippen molar-refractivity contribution < 1.29 is 0 Å². The van der Waals surface area contributed by atoms with Crippen LogP contribution in [0.2, 0.25) is 0 Å². The zero-order valence-electron chi connectivity index (χ0n) is 10.9. The van der Waals surface area contributed by atoms with Gasteiger partial charge < -0.3 is 11.5 Å². The summed E-state index contributed by atoms with van der Waals surface area (Å²) in [6, 6.07) is 8.91. The molecule has 0 aliphatic heterocycles. The fraction of sp³-hybridized carbons (Fsp3) is 0.600. The second-order valence-electron chi connectivity index (χ2n) is 5.52. The summed E-state index contributed by atoms with van der Waals surface area (Å²) in [6.07, 6.45) is 3.54. The first kappa shape index (κ1) is 12.6. The van der Waals surface area contributed by atoms with Crippen LogP contribution in [0.1, 0.15) is 56.2 Å². The molecule has 2 nitrogen and oxygen atoms in total. The van der Waals surface area contributed by atoms with Gasteiger partial charge in [-0.2, -0.15) is 0 Å². The van der Waals surface area contributed by atoms with E-state index in [0.717, 1.165) is 0 Å². The lowest BCUT2D eigenvalue weighted by Gasteiger charge is -2.22. The summed E-state index contributed by atoms with van der Waals surface area (Å²) >= 11 is 0. The highest BCUT2D eigenvalue weighted by Crippen LogP contribution is 2.52. The van der Waals surface area contributed by atoms with E-state index < -0.39 is 0 Å². The van der Waals surface area contributed by atoms with Crippen molar-refractivity contribution in [3.8, 4) is 0 Å². The topological polar surface area (TPSA) is 52.0 Å². The first-order chi connectivity index (χ1) is 8.13. The van der Waals surface area contributed by atoms with Crippen molar-refractivity contribution in [3.63, 3.8) is 0 Å². The molecule has 2 unspecified atom stereocenters. The monoisotopic (exact) mass is 232 g/mol. The zero-order valence-corrected chi connectivity index (χ0v) is 10.9. The van der Waals surface area contributed by atoms with Gasteiger partial charge in [0, 0.05) is 11.5 Å². The first-order valence-corrected chi connectivity index (χ1v) is 6.68. The molecular formula is C15H24N2. The minimum absolute atomic E-state index is 0.110. The SMILES string of the molecule is CCC(C)c1ccc(C(N)C2(CN)CC2)cc1. The van der Waals surface area contributed by atoms with Gasteiger partial charge in [-0.3, -0.25) is 0 Å². The van der Waals surface area contributed by atoms with Crippen LogP contribution in [0, 0.1) is 5.41 Å². The fourth-order valence-corrected chi connectivity index (χ4v) is 2.42. The lowest BCUT2D eigenvalue weighted by molar-refractivity contribution is 0.419. The maximum absolute atomic E-state index is 6.32. The third kappa shape index (κ3) is 2.38. The van der Waals surface area contributed by atoms with E-state index in [0.29, 0.717) is 12.5 Å². The molecule has 1 aliphatic rings. The molecule has 0 amide bonds. The largest absolute Gasteiger partial charge is 0.330 e. The van der Waals surface area contributed by atoms with Crippen LogP contribution < -0.4 is 11.5 Å². The highest BCUT2D eigenvalue weighted by atomic mass is 14.8. The van der Waals surface area contributed by atoms with Gasteiger partial charge in [-0.1, -0.05) is 38.1 Å². The fourth-order valence-electron chi connectivity index (χ4n) is 2.42. The van der Waals surface area contributed by atoms with Gasteiger partial charge in [0.15, 0.2) is 0 Å². The van der Waals surface area contributed by atoms with Gasteiger partial charge in [0.05, 0.1) is 0 Å². The van der Waals surface area contributed by atoms with Crippen molar-refractivity contribution in [3.05, 3.63) is 35.4 Å². The van der Waals surface area contributed by atoms with Crippen LogP contribution in [-0.4, -0.2) is 6.54 Å². The molecule has 0 spiro atoms. The molecule has 17 heavy (non-hydrogen) atoms. The van der Waals surface area contributed by atoms with Crippen LogP contribution in [-0.2, 0) is 0 Å². The van der Waals surface area contributed by atoms with Gasteiger partial charge in [0.2, 0.25) is 0 Å². The van der Waals surface area contributed by atoms with Crippen molar-refractivity contribution in [2.45, 2.75) is 45.1 Å². The van der Waals surface area contributed by atoms with E-state index in [2.05, 4.69) is 38.1 Å². The summed E-state index contributed by atoms with van der Waals surface area (Å²) in [5, 5.41) is 0. The molecule has 0 radical (unpaired) electrons. The molecule has 0 bridgehead atoms. The molecule has 1 aromatic carbocycles. The summed E-state index contributed by atoms with van der Waals surface area (Å²) in [5.41, 5.74) is 15.0. The predicted molar refractivity (Wildman–Crippen MR) is 72.8 cm³/mol. The highest BCUT2D eigenvalue weighted by Gasteiger charge is 2.47. The number of hydrogen-bond donors (Lipinski definition) is 2. The van der Waals surface area contributed by atoms with E-state index >= 15 is 0 Å². The molecule has 1 aromatic rings. The molecule has 1 fully saturated rings. The molecule has 0 saturated heterocycles. The quantitative estimate of drug-likeness (QED) is 0.820. The van der Waals surface area contributed by atoms with Gasteiger partial charge in [-0.15, -0.1) is 0 Å². The standard InChI is InChI=1S/C15H24N2/c1-3-11(2)12-4-6-13(7-5-12)14(17)15(10-16)8-9-15/h4-7,11,14H,3,8-10,16-17H2,1-2H3. The number of benzene rings is 1. The summed E-state index contributed by atoms with van der Waals surface area (Å²) in [4.78, 5) is 0. The maximum Gasteiger partial charge on any atom is 0.0364 e. The molecular weight excluding hydrogens is 208 g/mol. The summed E-state index contributed by atoms with van der Waals surface area (Å²) in [5.74, 6) is 0.629. The third-order valence-electron chi connectivity index (χ3n) is 4.44. The normalized spacial score (nSPS) is 20.9. The van der Waals surface area contributed by atoms with Crippen LogP contribution in [0.25, 0.3) is 0 Å². The molecule has 1 aliphatic carbocycles. The van der Waals surface area contributed by atoms with E-state index in [1.54, 1.807) is 0 Å². The number of nitrogens with two attached hydrogens (primary N) is 2. The predicted octanol–water partition coefficient (Wildman–Crippen LogP) is 2.94. The average Bonchev–Trinajstić information content (AvgIpc) is 3.18. The molecule has 0 heterocycles. The number of rotatable bonds is 5. The van der Waals surface area contributed by atoms with E-state index in [-0.39, 0.29) is 11.5 Å². The van der Waals surface area contributed by atoms with Crippen LogP contribution in [0.4, 0.5) is 0 Å². The van der Waals surface area contributed by atoms with Crippen molar-refractivity contribution in [2.75, 3.05) is 6.54 Å². The lowest BCUT2D eigenvalue weighted by Crippen LogP contribution is -2.29.